The molecule has 0 radical (unpaired) electrons. The van der Waals surface area contributed by atoms with Crippen LogP contribution in [0.1, 0.15) is 12.5 Å². The molecule has 7 nitrogen and oxygen atoms in total. The van der Waals surface area contributed by atoms with Crippen LogP contribution in [0.2, 0.25) is 0 Å². The van der Waals surface area contributed by atoms with Gasteiger partial charge in [0.1, 0.15) is 5.71 Å². The fraction of sp³-hybridized carbons (Fsp3) is 0.143. The molecule has 0 aliphatic carbocycles. The third-order valence-electron chi connectivity index (χ3n) is 4.59. The number of benzene rings is 1. The largest absolute Gasteiger partial charge is 0.438 e. The molecule has 3 heterocycles. The number of alkyl halides is 3. The van der Waals surface area contributed by atoms with E-state index >= 15 is 0 Å². The van der Waals surface area contributed by atoms with Gasteiger partial charge in [0.15, 0.2) is 18.0 Å². The lowest BCUT2D eigenvalue weighted by Crippen LogP contribution is -2.36. The van der Waals surface area contributed by atoms with Crippen molar-refractivity contribution in [1.82, 2.24) is 9.97 Å². The van der Waals surface area contributed by atoms with E-state index in [0.717, 1.165) is 12.1 Å². The minimum atomic E-state index is -4.48. The van der Waals surface area contributed by atoms with Crippen molar-refractivity contribution in [3.05, 3.63) is 66.3 Å². The number of oxazole rings is 2. The first-order valence-electron chi connectivity index (χ1n) is 9.06. The predicted octanol–water partition coefficient (Wildman–Crippen LogP) is 4.89. The van der Waals surface area contributed by atoms with E-state index in [1.54, 1.807) is 19.1 Å². The number of aromatic nitrogens is 2. The number of halogens is 3. The lowest BCUT2D eigenvalue weighted by molar-refractivity contribution is -0.137. The number of hydrogen-bond donors (Lipinski definition) is 0. The molecule has 0 saturated carbocycles. The quantitative estimate of drug-likeness (QED) is 0.593. The maximum atomic E-state index is 13.0. The molecule has 0 fully saturated rings. The average molecular weight is 428 g/mol. The summed E-state index contributed by atoms with van der Waals surface area (Å²) in [5, 5.41) is 0. The van der Waals surface area contributed by atoms with Gasteiger partial charge < -0.3 is 8.83 Å². The Morgan fingerprint density at radius 1 is 1.19 bits per heavy atom. The Morgan fingerprint density at radius 2 is 1.94 bits per heavy atom. The predicted molar refractivity (Wildman–Crippen MR) is 106 cm³/mol. The molecule has 0 saturated heterocycles. The second-order valence-corrected chi connectivity index (χ2v) is 6.42. The van der Waals surface area contributed by atoms with E-state index in [1.807, 2.05) is 0 Å². The second kappa shape index (κ2) is 7.71. The van der Waals surface area contributed by atoms with Gasteiger partial charge in [0, 0.05) is 24.4 Å². The standard InChI is InChI=1S/C21H15F3N4O3/c1-3-12-8-9-28(20(29)16(12)25-2)18-17(31-19(27-18)15-10-26-11-30-15)13-4-6-14(7-5-13)21(22,23)24/h3-11H,1-2H3/b12-3-,25-16?. The molecule has 10 heteroatoms. The van der Waals surface area contributed by atoms with Gasteiger partial charge >= 0.3 is 6.18 Å². The summed E-state index contributed by atoms with van der Waals surface area (Å²) in [5.74, 6) is -0.0494. The Labute approximate surface area is 174 Å². The van der Waals surface area contributed by atoms with Gasteiger partial charge in [-0.2, -0.15) is 18.2 Å². The van der Waals surface area contributed by atoms with Crippen molar-refractivity contribution in [1.29, 1.82) is 0 Å². The molecule has 31 heavy (non-hydrogen) atoms. The molecule has 0 bridgehead atoms. The molecule has 0 atom stereocenters. The fourth-order valence-corrected chi connectivity index (χ4v) is 3.06. The van der Waals surface area contributed by atoms with Gasteiger partial charge in [-0.3, -0.25) is 14.7 Å². The molecule has 4 rings (SSSR count). The van der Waals surface area contributed by atoms with Crippen LogP contribution in [-0.2, 0) is 11.0 Å². The summed E-state index contributed by atoms with van der Waals surface area (Å²) < 4.78 is 49.8. The molecule has 2 aromatic heterocycles. The Kier molecular flexibility index (Phi) is 5.05. The van der Waals surface area contributed by atoms with E-state index in [4.69, 9.17) is 8.83 Å². The lowest BCUT2D eigenvalue weighted by atomic mass is 10.0. The summed E-state index contributed by atoms with van der Waals surface area (Å²) >= 11 is 0. The highest BCUT2D eigenvalue weighted by Crippen LogP contribution is 2.38. The van der Waals surface area contributed by atoms with Crippen LogP contribution in [0, 0.1) is 0 Å². The Morgan fingerprint density at radius 3 is 2.52 bits per heavy atom. The Bertz CT molecular complexity index is 1200. The molecular weight excluding hydrogens is 413 g/mol. The summed E-state index contributed by atoms with van der Waals surface area (Å²) in [6.07, 6.45) is 3.01. The third-order valence-corrected chi connectivity index (χ3v) is 4.59. The van der Waals surface area contributed by atoms with Crippen LogP contribution in [0.5, 0.6) is 0 Å². The molecule has 1 aliphatic rings. The van der Waals surface area contributed by atoms with E-state index in [9.17, 15) is 18.0 Å². The highest BCUT2D eigenvalue weighted by molar-refractivity contribution is 6.51. The van der Waals surface area contributed by atoms with E-state index < -0.39 is 17.6 Å². The van der Waals surface area contributed by atoms with E-state index in [1.165, 1.54) is 42.9 Å². The van der Waals surface area contributed by atoms with Gasteiger partial charge in [-0.1, -0.05) is 18.2 Å². The minimum Gasteiger partial charge on any atom is -0.438 e. The molecule has 158 valence electrons. The van der Waals surface area contributed by atoms with Gasteiger partial charge in [0.05, 0.1) is 11.8 Å². The van der Waals surface area contributed by atoms with Crippen LogP contribution in [0.3, 0.4) is 0 Å². The number of nitrogens with zero attached hydrogens (tertiary/aromatic N) is 4. The van der Waals surface area contributed by atoms with E-state index in [2.05, 4.69) is 15.0 Å². The van der Waals surface area contributed by atoms with E-state index in [-0.39, 0.29) is 28.9 Å². The summed E-state index contributed by atoms with van der Waals surface area (Å²) in [7, 11) is 1.49. The molecule has 0 N–H and O–H groups in total. The smallest absolute Gasteiger partial charge is 0.416 e. The number of carbonyl (C=O) groups is 1. The second-order valence-electron chi connectivity index (χ2n) is 6.42. The minimum absolute atomic E-state index is 0.0235. The van der Waals surface area contributed by atoms with Crippen LogP contribution in [0.15, 0.2) is 74.6 Å². The molecule has 1 aliphatic heterocycles. The maximum Gasteiger partial charge on any atom is 0.416 e. The summed E-state index contributed by atoms with van der Waals surface area (Å²) in [6.45, 7) is 1.78. The lowest BCUT2D eigenvalue weighted by Gasteiger charge is -2.22. The zero-order valence-corrected chi connectivity index (χ0v) is 16.3. The topological polar surface area (TPSA) is 84.7 Å². The maximum absolute atomic E-state index is 13.0. The Balaban J connectivity index is 1.85. The SMILES string of the molecule is C/C=C1/C=CN(c2nc(-c3cnco3)oc2-c2ccc(C(F)(F)F)cc2)C(=O)C1=NC. The zero-order chi connectivity index (χ0) is 22.2. The number of carbonyl (C=O) groups excluding carboxylic acids is 1. The van der Waals surface area contributed by atoms with Gasteiger partial charge in [-0.25, -0.2) is 4.98 Å². The number of amides is 1. The number of hydrogen-bond acceptors (Lipinski definition) is 6. The van der Waals surface area contributed by atoms with Crippen molar-refractivity contribution in [2.24, 2.45) is 4.99 Å². The van der Waals surface area contributed by atoms with Crippen LogP contribution >= 0.6 is 0 Å². The van der Waals surface area contributed by atoms with Crippen LogP contribution in [0.25, 0.3) is 23.0 Å². The van der Waals surface area contributed by atoms with Crippen LogP contribution in [0.4, 0.5) is 19.0 Å². The van der Waals surface area contributed by atoms with Crippen molar-refractivity contribution >= 4 is 17.4 Å². The van der Waals surface area contributed by atoms with Crippen molar-refractivity contribution in [2.45, 2.75) is 13.1 Å². The molecule has 0 unspecified atom stereocenters. The van der Waals surface area contributed by atoms with Crippen molar-refractivity contribution in [2.75, 3.05) is 11.9 Å². The number of allylic oxidation sites excluding steroid dienone is 2. The molecule has 1 aromatic carbocycles. The Hall–Kier alpha value is -3.95. The van der Waals surface area contributed by atoms with E-state index in [0.29, 0.717) is 11.1 Å². The zero-order valence-electron chi connectivity index (χ0n) is 16.3. The third kappa shape index (κ3) is 3.67. The highest BCUT2D eigenvalue weighted by atomic mass is 19.4. The fourth-order valence-electron chi connectivity index (χ4n) is 3.06. The summed E-state index contributed by atoms with van der Waals surface area (Å²) in [4.78, 5) is 26.5. The van der Waals surface area contributed by atoms with Gasteiger partial charge in [0.25, 0.3) is 11.8 Å². The van der Waals surface area contributed by atoms with Crippen molar-refractivity contribution in [3.8, 4) is 23.0 Å². The average Bonchev–Trinajstić information content (AvgIpc) is 3.43. The number of aliphatic imine (C=N–C) groups is 1. The van der Waals surface area contributed by atoms with Gasteiger partial charge in [-0.15, -0.1) is 0 Å². The molecule has 1 amide bonds. The van der Waals surface area contributed by atoms with Crippen molar-refractivity contribution in [3.63, 3.8) is 0 Å². The monoisotopic (exact) mass is 428 g/mol. The number of anilines is 1. The molecule has 3 aromatic rings. The van der Waals surface area contributed by atoms with Crippen LogP contribution in [-0.4, -0.2) is 28.6 Å². The van der Waals surface area contributed by atoms with Gasteiger partial charge in [0.2, 0.25) is 5.76 Å². The highest BCUT2D eigenvalue weighted by Gasteiger charge is 2.33. The summed E-state index contributed by atoms with van der Waals surface area (Å²) in [6, 6.07) is 4.36. The first kappa shape index (κ1) is 20.3. The van der Waals surface area contributed by atoms with Crippen LogP contribution < -0.4 is 4.90 Å². The summed E-state index contributed by atoms with van der Waals surface area (Å²) in [5.41, 5.74) is 0.348. The normalized spacial score (nSPS) is 17.2. The first-order valence-corrected chi connectivity index (χ1v) is 9.06. The molecular formula is C21H15F3N4O3. The first-order chi connectivity index (χ1) is 14.8. The number of rotatable bonds is 3. The van der Waals surface area contributed by atoms with Gasteiger partial charge in [-0.05, 0) is 25.1 Å². The molecule has 0 spiro atoms. The van der Waals surface area contributed by atoms with Crippen molar-refractivity contribution < 1.29 is 26.8 Å².